The summed E-state index contributed by atoms with van der Waals surface area (Å²) in [5.41, 5.74) is 0.373. The average Bonchev–Trinajstić information content (AvgIpc) is 2.42. The molecule has 12 heavy (non-hydrogen) atoms. The van der Waals surface area contributed by atoms with Gasteiger partial charge in [-0.25, -0.2) is 4.79 Å². The van der Waals surface area contributed by atoms with E-state index in [1.165, 1.54) is 6.08 Å². The van der Waals surface area contributed by atoms with Crippen LogP contribution in [0.1, 0.15) is 12.8 Å². The number of hydrogen-bond donors (Lipinski definition) is 1. The van der Waals surface area contributed by atoms with E-state index in [4.69, 9.17) is 9.84 Å². The topological polar surface area (TPSA) is 63.6 Å². The molecule has 4 heteroatoms. The molecule has 1 heterocycles. The van der Waals surface area contributed by atoms with Gasteiger partial charge in [-0.15, -0.1) is 0 Å². The standard InChI is InChI=1S/C8H8O4/c9-7-3-4-1-5(8(10)11)2-6(4)12-7/h2,4,6H,1,3H2,(H,10,11). The first kappa shape index (κ1) is 7.34. The van der Waals surface area contributed by atoms with E-state index < -0.39 is 5.97 Å². The molecule has 0 amide bonds. The van der Waals surface area contributed by atoms with Crippen molar-refractivity contribution >= 4 is 11.9 Å². The number of hydrogen-bond acceptors (Lipinski definition) is 3. The maximum atomic E-state index is 10.7. The lowest BCUT2D eigenvalue weighted by molar-refractivity contribution is -0.140. The van der Waals surface area contributed by atoms with Gasteiger partial charge in [-0.3, -0.25) is 4.79 Å². The molecule has 1 N–H and O–H groups in total. The van der Waals surface area contributed by atoms with Gasteiger partial charge >= 0.3 is 11.9 Å². The third kappa shape index (κ3) is 0.995. The molecule has 64 valence electrons. The highest BCUT2D eigenvalue weighted by Crippen LogP contribution is 2.35. The molecular weight excluding hydrogens is 160 g/mol. The highest BCUT2D eigenvalue weighted by Gasteiger charge is 2.39. The second kappa shape index (κ2) is 2.33. The van der Waals surface area contributed by atoms with Crippen LogP contribution in [0.3, 0.4) is 0 Å². The minimum Gasteiger partial charge on any atom is -0.478 e. The fourth-order valence-electron chi connectivity index (χ4n) is 1.69. The van der Waals surface area contributed by atoms with Crippen molar-refractivity contribution in [2.75, 3.05) is 0 Å². The van der Waals surface area contributed by atoms with E-state index in [0.29, 0.717) is 18.4 Å². The van der Waals surface area contributed by atoms with Gasteiger partial charge in [-0.1, -0.05) is 0 Å². The van der Waals surface area contributed by atoms with Gasteiger partial charge < -0.3 is 9.84 Å². The van der Waals surface area contributed by atoms with Crippen LogP contribution in [0.5, 0.6) is 0 Å². The van der Waals surface area contributed by atoms with E-state index >= 15 is 0 Å². The van der Waals surface area contributed by atoms with Crippen molar-refractivity contribution in [3.8, 4) is 0 Å². The van der Waals surface area contributed by atoms with Crippen LogP contribution in [-0.4, -0.2) is 23.1 Å². The molecule has 0 saturated carbocycles. The molecule has 0 bridgehead atoms. The maximum Gasteiger partial charge on any atom is 0.331 e. The summed E-state index contributed by atoms with van der Waals surface area (Å²) in [7, 11) is 0. The first-order chi connectivity index (χ1) is 5.66. The Morgan fingerprint density at radius 1 is 1.58 bits per heavy atom. The number of carbonyl (C=O) groups excluding carboxylic acids is 1. The number of aliphatic carboxylic acids is 1. The number of carboxylic acid groups (broad SMARTS) is 1. The van der Waals surface area contributed by atoms with E-state index in [9.17, 15) is 9.59 Å². The monoisotopic (exact) mass is 168 g/mol. The molecular formula is C8H8O4. The van der Waals surface area contributed by atoms with Crippen LogP contribution in [-0.2, 0) is 14.3 Å². The van der Waals surface area contributed by atoms with E-state index in [-0.39, 0.29) is 18.0 Å². The highest BCUT2D eigenvalue weighted by molar-refractivity contribution is 5.88. The lowest BCUT2D eigenvalue weighted by Crippen LogP contribution is -2.06. The quantitative estimate of drug-likeness (QED) is 0.573. The Kier molecular flexibility index (Phi) is 1.43. The smallest absolute Gasteiger partial charge is 0.331 e. The molecule has 1 saturated heterocycles. The summed E-state index contributed by atoms with van der Waals surface area (Å²) in [6, 6.07) is 0. The van der Waals surface area contributed by atoms with Crippen LogP contribution in [0.15, 0.2) is 11.6 Å². The van der Waals surface area contributed by atoms with Crippen LogP contribution in [0, 0.1) is 5.92 Å². The van der Waals surface area contributed by atoms with Crippen LogP contribution in [0.25, 0.3) is 0 Å². The summed E-state index contributed by atoms with van der Waals surface area (Å²) in [4.78, 5) is 21.2. The van der Waals surface area contributed by atoms with Gasteiger partial charge in [-0.2, -0.15) is 0 Å². The fraction of sp³-hybridized carbons (Fsp3) is 0.500. The molecule has 2 aliphatic rings. The molecule has 0 spiro atoms. The van der Waals surface area contributed by atoms with Gasteiger partial charge in [0, 0.05) is 11.5 Å². The predicted octanol–water partition coefficient (Wildman–Crippen LogP) is 0.333. The van der Waals surface area contributed by atoms with E-state index in [0.717, 1.165) is 0 Å². The van der Waals surface area contributed by atoms with Crippen molar-refractivity contribution in [2.24, 2.45) is 5.92 Å². The molecule has 1 fully saturated rings. The van der Waals surface area contributed by atoms with Gasteiger partial charge in [0.1, 0.15) is 6.10 Å². The SMILES string of the molecule is O=C1CC2CC(C(=O)O)=CC2O1. The zero-order chi connectivity index (χ0) is 8.72. The average molecular weight is 168 g/mol. The molecule has 4 nitrogen and oxygen atoms in total. The molecule has 0 radical (unpaired) electrons. The third-order valence-corrected chi connectivity index (χ3v) is 2.28. The second-order valence-corrected chi connectivity index (χ2v) is 3.12. The molecule has 0 aromatic heterocycles. The Morgan fingerprint density at radius 2 is 2.33 bits per heavy atom. The summed E-state index contributed by atoms with van der Waals surface area (Å²) >= 11 is 0. The molecule has 2 rings (SSSR count). The Balaban J connectivity index is 2.15. The Morgan fingerprint density at radius 3 is 2.92 bits per heavy atom. The minimum absolute atomic E-state index is 0.0728. The lowest BCUT2D eigenvalue weighted by Gasteiger charge is -2.02. The predicted molar refractivity (Wildman–Crippen MR) is 38.3 cm³/mol. The van der Waals surface area contributed by atoms with Crippen molar-refractivity contribution in [2.45, 2.75) is 18.9 Å². The Hall–Kier alpha value is -1.32. The minimum atomic E-state index is -0.902. The first-order valence-corrected chi connectivity index (χ1v) is 3.80. The number of carboxylic acids is 1. The number of esters is 1. The van der Waals surface area contributed by atoms with Crippen molar-refractivity contribution in [1.82, 2.24) is 0 Å². The number of ether oxygens (including phenoxy) is 1. The lowest BCUT2D eigenvalue weighted by atomic mass is 10.0. The van der Waals surface area contributed by atoms with E-state index in [1.807, 2.05) is 0 Å². The molecule has 0 aromatic carbocycles. The summed E-state index contributed by atoms with van der Waals surface area (Å²) < 4.78 is 4.89. The second-order valence-electron chi connectivity index (χ2n) is 3.12. The van der Waals surface area contributed by atoms with Gasteiger partial charge in [0.05, 0.1) is 6.42 Å². The molecule has 2 atom stereocenters. The van der Waals surface area contributed by atoms with E-state index in [2.05, 4.69) is 0 Å². The molecule has 1 aliphatic carbocycles. The van der Waals surface area contributed by atoms with Crippen molar-refractivity contribution in [3.05, 3.63) is 11.6 Å². The molecule has 2 unspecified atom stereocenters. The van der Waals surface area contributed by atoms with Crippen LogP contribution >= 0.6 is 0 Å². The largest absolute Gasteiger partial charge is 0.478 e. The van der Waals surface area contributed by atoms with Crippen LogP contribution in [0.2, 0.25) is 0 Å². The third-order valence-electron chi connectivity index (χ3n) is 2.28. The van der Waals surface area contributed by atoms with Gasteiger partial charge in [0.25, 0.3) is 0 Å². The first-order valence-electron chi connectivity index (χ1n) is 3.80. The summed E-state index contributed by atoms with van der Waals surface area (Å²) in [6.07, 6.45) is 2.09. The number of rotatable bonds is 1. The number of carbonyl (C=O) groups is 2. The van der Waals surface area contributed by atoms with Crippen molar-refractivity contribution < 1.29 is 19.4 Å². The Bertz CT molecular complexity index is 279. The molecule has 0 aromatic rings. The van der Waals surface area contributed by atoms with Gasteiger partial charge in [-0.05, 0) is 12.5 Å². The van der Waals surface area contributed by atoms with Gasteiger partial charge in [0.15, 0.2) is 0 Å². The zero-order valence-corrected chi connectivity index (χ0v) is 6.32. The Labute approximate surface area is 68.8 Å². The van der Waals surface area contributed by atoms with Crippen LogP contribution < -0.4 is 0 Å². The van der Waals surface area contributed by atoms with Crippen molar-refractivity contribution in [3.63, 3.8) is 0 Å². The molecule has 1 aliphatic heterocycles. The summed E-state index contributed by atoms with van der Waals surface area (Å²) in [5.74, 6) is -1.05. The zero-order valence-electron chi connectivity index (χ0n) is 6.32. The van der Waals surface area contributed by atoms with Crippen LogP contribution in [0.4, 0.5) is 0 Å². The van der Waals surface area contributed by atoms with Crippen molar-refractivity contribution in [1.29, 1.82) is 0 Å². The van der Waals surface area contributed by atoms with Gasteiger partial charge in [0.2, 0.25) is 0 Å². The number of fused-ring (bicyclic) bond motifs is 1. The highest BCUT2D eigenvalue weighted by atomic mass is 16.5. The fourth-order valence-corrected chi connectivity index (χ4v) is 1.69. The normalized spacial score (nSPS) is 32.7. The van der Waals surface area contributed by atoms with E-state index in [1.54, 1.807) is 0 Å². The maximum absolute atomic E-state index is 10.7. The summed E-state index contributed by atoms with van der Waals surface area (Å²) in [6.45, 7) is 0. The summed E-state index contributed by atoms with van der Waals surface area (Å²) in [5, 5.41) is 8.63.